The Kier molecular flexibility index (Phi) is 5.67. The molecule has 0 radical (unpaired) electrons. The van der Waals surface area contributed by atoms with Gasteiger partial charge in [0.25, 0.3) is 0 Å². The number of thioether (sulfide) groups is 1. The summed E-state index contributed by atoms with van der Waals surface area (Å²) >= 11 is 1.68. The molecule has 132 valence electrons. The minimum atomic E-state index is -3.45. The van der Waals surface area contributed by atoms with Crippen LogP contribution >= 0.6 is 11.8 Å². The summed E-state index contributed by atoms with van der Waals surface area (Å²) < 4.78 is 27.2. The predicted octanol–water partition coefficient (Wildman–Crippen LogP) is 4.86. The third kappa shape index (κ3) is 4.35. The molecule has 25 heavy (non-hydrogen) atoms. The van der Waals surface area contributed by atoms with Crippen molar-refractivity contribution in [3.8, 4) is 0 Å². The second-order valence-electron chi connectivity index (χ2n) is 6.41. The van der Waals surface area contributed by atoms with Gasteiger partial charge >= 0.3 is 0 Å². The Hall–Kier alpha value is -1.56. The van der Waals surface area contributed by atoms with Gasteiger partial charge in [0.2, 0.25) is 10.0 Å². The van der Waals surface area contributed by atoms with Gasteiger partial charge in [-0.05, 0) is 28.7 Å². The van der Waals surface area contributed by atoms with Crippen molar-refractivity contribution in [2.75, 3.05) is 12.3 Å². The van der Waals surface area contributed by atoms with Gasteiger partial charge in [-0.3, -0.25) is 0 Å². The van der Waals surface area contributed by atoms with E-state index in [-0.39, 0.29) is 5.37 Å². The van der Waals surface area contributed by atoms with Crippen LogP contribution < -0.4 is 0 Å². The van der Waals surface area contributed by atoms with E-state index in [9.17, 15) is 8.42 Å². The Bertz CT molecular complexity index is 828. The summed E-state index contributed by atoms with van der Waals surface area (Å²) in [5.41, 5.74) is 3.20. The summed E-state index contributed by atoms with van der Waals surface area (Å²) in [6, 6.07) is 17.8. The van der Waals surface area contributed by atoms with E-state index in [1.165, 1.54) is 11.0 Å². The Balaban J connectivity index is 1.81. The molecule has 2 aromatic rings. The van der Waals surface area contributed by atoms with E-state index in [1.807, 2.05) is 30.3 Å². The van der Waals surface area contributed by atoms with E-state index in [4.69, 9.17) is 0 Å². The minimum absolute atomic E-state index is 0.147. The van der Waals surface area contributed by atoms with E-state index >= 15 is 0 Å². The van der Waals surface area contributed by atoms with E-state index in [0.29, 0.717) is 12.5 Å². The molecule has 0 amide bonds. The summed E-state index contributed by atoms with van der Waals surface area (Å²) in [7, 11) is -3.45. The molecule has 1 heterocycles. The van der Waals surface area contributed by atoms with Crippen LogP contribution in [0.3, 0.4) is 0 Å². The van der Waals surface area contributed by atoms with E-state index < -0.39 is 10.0 Å². The first-order chi connectivity index (χ1) is 12.0. The van der Waals surface area contributed by atoms with Crippen LogP contribution in [0, 0.1) is 0 Å². The van der Waals surface area contributed by atoms with Crippen LogP contribution in [0.5, 0.6) is 0 Å². The molecule has 1 unspecified atom stereocenters. The quantitative estimate of drug-likeness (QED) is 0.751. The van der Waals surface area contributed by atoms with Gasteiger partial charge in [-0.15, -0.1) is 11.8 Å². The molecule has 0 aliphatic carbocycles. The first kappa shape index (κ1) is 18.2. The van der Waals surface area contributed by atoms with Crippen molar-refractivity contribution in [1.29, 1.82) is 0 Å². The maximum absolute atomic E-state index is 12.8. The molecule has 0 N–H and O–H groups in total. The van der Waals surface area contributed by atoms with Crippen LogP contribution in [0.25, 0.3) is 6.08 Å². The topological polar surface area (TPSA) is 37.4 Å². The van der Waals surface area contributed by atoms with Crippen LogP contribution in [0.1, 0.15) is 41.8 Å². The van der Waals surface area contributed by atoms with Gasteiger partial charge in [-0.1, -0.05) is 68.4 Å². The molecule has 3 rings (SSSR count). The molecule has 1 atom stereocenters. The lowest BCUT2D eigenvalue weighted by Gasteiger charge is -2.22. The van der Waals surface area contributed by atoms with Crippen molar-refractivity contribution in [1.82, 2.24) is 4.31 Å². The summed E-state index contributed by atoms with van der Waals surface area (Å²) in [6.07, 6.45) is 1.66. The molecule has 1 aliphatic rings. The third-order valence-electron chi connectivity index (χ3n) is 4.30. The molecule has 1 saturated heterocycles. The molecular weight excluding hydrogens is 350 g/mol. The van der Waals surface area contributed by atoms with Crippen LogP contribution in [0.2, 0.25) is 0 Å². The molecule has 0 saturated carbocycles. The van der Waals surface area contributed by atoms with Crippen molar-refractivity contribution >= 4 is 27.9 Å². The van der Waals surface area contributed by atoms with Crippen molar-refractivity contribution < 1.29 is 8.42 Å². The summed E-state index contributed by atoms with van der Waals surface area (Å²) in [5.74, 6) is 1.29. The second kappa shape index (κ2) is 7.77. The van der Waals surface area contributed by atoms with Gasteiger partial charge in [0, 0.05) is 17.7 Å². The lowest BCUT2D eigenvalue weighted by molar-refractivity contribution is 0.442. The second-order valence-corrected chi connectivity index (χ2v) is 9.37. The normalized spacial score (nSPS) is 19.1. The zero-order chi connectivity index (χ0) is 17.9. The fourth-order valence-electron chi connectivity index (χ4n) is 2.83. The average molecular weight is 374 g/mol. The van der Waals surface area contributed by atoms with Crippen LogP contribution in [-0.4, -0.2) is 25.0 Å². The highest BCUT2D eigenvalue weighted by atomic mass is 32.2. The standard InChI is InChI=1S/C20H23NO2S2/c1-16(2)18-8-10-19(11-9-18)20-21(13-14-24-20)25(22,23)15-12-17-6-4-3-5-7-17/h3-12,15-16,20H,13-14H2,1-2H3/b15-12+. The summed E-state index contributed by atoms with van der Waals surface area (Å²) in [6.45, 7) is 4.86. The fourth-order valence-corrected chi connectivity index (χ4v) is 5.85. The molecule has 1 fully saturated rings. The maximum Gasteiger partial charge on any atom is 0.237 e. The predicted molar refractivity (Wildman–Crippen MR) is 107 cm³/mol. The van der Waals surface area contributed by atoms with Crippen LogP contribution in [-0.2, 0) is 10.0 Å². The lowest BCUT2D eigenvalue weighted by atomic mass is 10.0. The highest BCUT2D eigenvalue weighted by molar-refractivity contribution is 8.01. The van der Waals surface area contributed by atoms with Gasteiger partial charge in [0.15, 0.2) is 0 Å². The number of sulfonamides is 1. The Labute approximate surface area is 154 Å². The summed E-state index contributed by atoms with van der Waals surface area (Å²) in [5, 5.41) is 1.18. The van der Waals surface area contributed by atoms with Crippen molar-refractivity contribution in [3.05, 3.63) is 76.7 Å². The molecule has 0 spiro atoms. The number of hydrogen-bond donors (Lipinski definition) is 0. The molecule has 0 aromatic heterocycles. The minimum Gasteiger partial charge on any atom is -0.207 e. The SMILES string of the molecule is CC(C)c1ccc(C2SCCN2S(=O)(=O)/C=C/c2ccccc2)cc1. The molecule has 5 heteroatoms. The smallest absolute Gasteiger partial charge is 0.207 e. The lowest BCUT2D eigenvalue weighted by Crippen LogP contribution is -2.28. The number of benzene rings is 2. The Morgan fingerprint density at radius 2 is 1.76 bits per heavy atom. The monoisotopic (exact) mass is 373 g/mol. The van der Waals surface area contributed by atoms with Gasteiger partial charge < -0.3 is 0 Å². The number of nitrogens with zero attached hydrogens (tertiary/aromatic N) is 1. The van der Waals surface area contributed by atoms with Gasteiger partial charge in [0.05, 0.1) is 5.37 Å². The first-order valence-electron chi connectivity index (χ1n) is 8.44. The highest BCUT2D eigenvalue weighted by Crippen LogP contribution is 2.40. The van der Waals surface area contributed by atoms with Crippen molar-refractivity contribution in [3.63, 3.8) is 0 Å². The molecule has 2 aromatic carbocycles. The molecule has 3 nitrogen and oxygen atoms in total. The highest BCUT2D eigenvalue weighted by Gasteiger charge is 2.34. The van der Waals surface area contributed by atoms with Gasteiger partial charge in [-0.25, -0.2) is 8.42 Å². The van der Waals surface area contributed by atoms with E-state index in [0.717, 1.165) is 16.9 Å². The largest absolute Gasteiger partial charge is 0.237 e. The van der Waals surface area contributed by atoms with Crippen molar-refractivity contribution in [2.24, 2.45) is 0 Å². The van der Waals surface area contributed by atoms with E-state index in [1.54, 1.807) is 22.1 Å². The average Bonchev–Trinajstić information content (AvgIpc) is 3.12. The van der Waals surface area contributed by atoms with Crippen LogP contribution in [0.4, 0.5) is 0 Å². The Morgan fingerprint density at radius 1 is 1.08 bits per heavy atom. The van der Waals surface area contributed by atoms with Crippen LogP contribution in [0.15, 0.2) is 60.0 Å². The van der Waals surface area contributed by atoms with Gasteiger partial charge in [0.1, 0.15) is 0 Å². The number of hydrogen-bond acceptors (Lipinski definition) is 3. The molecule has 1 aliphatic heterocycles. The van der Waals surface area contributed by atoms with Crippen molar-refractivity contribution in [2.45, 2.75) is 25.1 Å². The fraction of sp³-hybridized carbons (Fsp3) is 0.300. The number of rotatable bonds is 5. The Morgan fingerprint density at radius 3 is 2.40 bits per heavy atom. The first-order valence-corrected chi connectivity index (χ1v) is 11.0. The maximum atomic E-state index is 12.8. The zero-order valence-electron chi connectivity index (χ0n) is 14.5. The third-order valence-corrected chi connectivity index (χ3v) is 7.22. The molecule has 0 bridgehead atoms. The van der Waals surface area contributed by atoms with Gasteiger partial charge in [-0.2, -0.15) is 4.31 Å². The van der Waals surface area contributed by atoms with E-state index in [2.05, 4.69) is 38.1 Å². The summed E-state index contributed by atoms with van der Waals surface area (Å²) in [4.78, 5) is 0. The zero-order valence-corrected chi connectivity index (χ0v) is 16.1. The molecular formula is C20H23NO2S2.